The molecule has 164 valence electrons. The first-order chi connectivity index (χ1) is 13.7. The number of nitrogens with one attached hydrogen (secondary N) is 1. The summed E-state index contributed by atoms with van der Waals surface area (Å²) in [5, 5.41) is 3.37. The van der Waals surface area contributed by atoms with Gasteiger partial charge >= 0.3 is 0 Å². The molecule has 1 fully saturated rings. The van der Waals surface area contributed by atoms with Crippen LogP contribution in [-0.4, -0.2) is 67.9 Å². The zero-order chi connectivity index (χ0) is 21.2. The highest BCUT2D eigenvalue weighted by atomic mass is 127. The number of aliphatic imine (C=N–C) groups is 1. The Hall–Kier alpha value is -2.17. The minimum Gasteiger partial charge on any atom is -0.352 e. The summed E-state index contributed by atoms with van der Waals surface area (Å²) in [6, 6.07) is 4.19. The Labute approximate surface area is 195 Å². The van der Waals surface area contributed by atoms with Gasteiger partial charge in [-0.1, -0.05) is 6.07 Å². The Balaban J connectivity index is 0.00000320. The van der Waals surface area contributed by atoms with E-state index in [9.17, 15) is 4.79 Å². The van der Waals surface area contributed by atoms with Crippen LogP contribution in [0.5, 0.6) is 0 Å². The van der Waals surface area contributed by atoms with E-state index in [0.29, 0.717) is 13.1 Å². The molecule has 0 atom stereocenters. The third-order valence-corrected chi connectivity index (χ3v) is 5.18. The summed E-state index contributed by atoms with van der Waals surface area (Å²) in [7, 11) is 1.75. The number of amides is 1. The van der Waals surface area contributed by atoms with Gasteiger partial charge in [-0.3, -0.25) is 14.4 Å². The number of rotatable bonds is 4. The number of aromatic nitrogens is 3. The van der Waals surface area contributed by atoms with Crippen LogP contribution in [0.4, 0.5) is 0 Å². The van der Waals surface area contributed by atoms with E-state index in [1.54, 1.807) is 13.2 Å². The summed E-state index contributed by atoms with van der Waals surface area (Å²) in [6.07, 6.45) is 5.51. The molecule has 30 heavy (non-hydrogen) atoms. The van der Waals surface area contributed by atoms with Gasteiger partial charge in [-0.15, -0.1) is 24.0 Å². The van der Waals surface area contributed by atoms with Crippen molar-refractivity contribution in [2.45, 2.75) is 52.7 Å². The Bertz CT molecular complexity index is 889. The van der Waals surface area contributed by atoms with Crippen LogP contribution < -0.4 is 5.32 Å². The zero-order valence-corrected chi connectivity index (χ0v) is 20.9. The highest BCUT2D eigenvalue weighted by molar-refractivity contribution is 14.0. The average molecular weight is 525 g/mol. The molecule has 1 saturated heterocycles. The highest BCUT2D eigenvalue weighted by Crippen LogP contribution is 2.24. The molecule has 0 spiro atoms. The van der Waals surface area contributed by atoms with Crippen molar-refractivity contribution in [3.8, 4) is 5.82 Å². The third-order valence-electron chi connectivity index (χ3n) is 5.18. The predicted molar refractivity (Wildman–Crippen MR) is 129 cm³/mol. The molecular formula is C21H32IN7O. The third kappa shape index (κ3) is 5.11. The first kappa shape index (κ1) is 24.1. The van der Waals surface area contributed by atoms with Crippen LogP contribution >= 0.6 is 24.0 Å². The fraction of sp³-hybridized carbons (Fsp3) is 0.524. The summed E-state index contributed by atoms with van der Waals surface area (Å²) < 4.78 is 1.94. The van der Waals surface area contributed by atoms with E-state index in [0.717, 1.165) is 29.7 Å². The summed E-state index contributed by atoms with van der Waals surface area (Å²) in [5.74, 6) is 2.59. The maximum Gasteiger partial charge on any atom is 0.242 e. The monoisotopic (exact) mass is 525 g/mol. The lowest BCUT2D eigenvalue weighted by Gasteiger charge is -2.49. The van der Waals surface area contributed by atoms with E-state index in [2.05, 4.69) is 48.0 Å². The van der Waals surface area contributed by atoms with E-state index in [1.165, 1.54) is 0 Å². The lowest BCUT2D eigenvalue weighted by Crippen LogP contribution is -2.66. The number of aryl methyl sites for hydroxylation is 1. The van der Waals surface area contributed by atoms with Gasteiger partial charge < -0.3 is 15.1 Å². The second kappa shape index (κ2) is 9.76. The number of carbonyl (C=O) groups excluding carboxylic acids is 1. The predicted octanol–water partition coefficient (Wildman–Crippen LogP) is 2.60. The fourth-order valence-corrected chi connectivity index (χ4v) is 4.11. The van der Waals surface area contributed by atoms with E-state index < -0.39 is 0 Å². The van der Waals surface area contributed by atoms with E-state index in [4.69, 9.17) is 0 Å². The van der Waals surface area contributed by atoms with Crippen molar-refractivity contribution in [2.24, 2.45) is 4.99 Å². The number of hydrogen-bond donors (Lipinski definition) is 1. The number of piperazine rings is 1. The largest absolute Gasteiger partial charge is 0.352 e. The minimum absolute atomic E-state index is 0. The minimum atomic E-state index is -0.257. The van der Waals surface area contributed by atoms with Crippen LogP contribution in [0.15, 0.2) is 35.7 Å². The SMILES string of the molecule is CN=C(NCc1ccc(-n2ccnc2C)nc1)N1CC(=O)N(C(C)C)C(C)(C)C1.I. The lowest BCUT2D eigenvalue weighted by molar-refractivity contribution is -0.145. The van der Waals surface area contributed by atoms with Crippen LogP contribution in [0, 0.1) is 6.92 Å². The van der Waals surface area contributed by atoms with Crippen LogP contribution in [0.1, 0.15) is 39.1 Å². The second-order valence-electron chi connectivity index (χ2n) is 8.30. The van der Waals surface area contributed by atoms with Crippen molar-refractivity contribution in [2.75, 3.05) is 20.1 Å². The standard InChI is InChI=1S/C21H31N7O.HI/c1-15(2)28-19(29)13-26(14-21(28,4)5)20(22-6)25-12-17-7-8-18(24-11-17)27-10-9-23-16(27)3;/h7-11,15H,12-14H2,1-6H3,(H,22,25);1H. The Kier molecular flexibility index (Phi) is 7.84. The molecule has 0 radical (unpaired) electrons. The van der Waals surface area contributed by atoms with Crippen molar-refractivity contribution in [1.82, 2.24) is 29.7 Å². The van der Waals surface area contributed by atoms with Crippen LogP contribution in [0.25, 0.3) is 5.82 Å². The molecule has 0 aromatic carbocycles. The van der Waals surface area contributed by atoms with Crippen molar-refractivity contribution in [3.05, 3.63) is 42.1 Å². The van der Waals surface area contributed by atoms with Crippen LogP contribution in [0.2, 0.25) is 0 Å². The molecule has 0 unspecified atom stereocenters. The molecule has 1 amide bonds. The average Bonchev–Trinajstić information content (AvgIpc) is 3.07. The topological polar surface area (TPSA) is 78.6 Å². The molecule has 1 N–H and O–H groups in total. The van der Waals surface area contributed by atoms with Gasteiger partial charge in [-0.05, 0) is 46.2 Å². The Morgan fingerprint density at radius 1 is 1.30 bits per heavy atom. The molecule has 0 bridgehead atoms. The maximum absolute atomic E-state index is 12.7. The number of pyridine rings is 1. The molecule has 0 aliphatic carbocycles. The molecule has 3 rings (SSSR count). The quantitative estimate of drug-likeness (QED) is 0.377. The van der Waals surface area contributed by atoms with Crippen LogP contribution in [0.3, 0.4) is 0 Å². The first-order valence-electron chi connectivity index (χ1n) is 9.96. The number of halogens is 1. The molecule has 3 heterocycles. The highest BCUT2D eigenvalue weighted by Gasteiger charge is 2.40. The Morgan fingerprint density at radius 2 is 2.03 bits per heavy atom. The maximum atomic E-state index is 12.7. The van der Waals surface area contributed by atoms with Gasteiger partial charge in [-0.25, -0.2) is 9.97 Å². The molecule has 1 aliphatic heterocycles. The van der Waals surface area contributed by atoms with Gasteiger partial charge in [0.25, 0.3) is 0 Å². The number of hydrogen-bond acceptors (Lipinski definition) is 4. The van der Waals surface area contributed by atoms with Gasteiger partial charge in [0.1, 0.15) is 11.6 Å². The van der Waals surface area contributed by atoms with Crippen molar-refractivity contribution >= 4 is 35.8 Å². The van der Waals surface area contributed by atoms with Gasteiger partial charge in [-0.2, -0.15) is 0 Å². The van der Waals surface area contributed by atoms with E-state index in [1.807, 2.05) is 45.8 Å². The van der Waals surface area contributed by atoms with Gasteiger partial charge in [0.15, 0.2) is 5.96 Å². The fourth-order valence-electron chi connectivity index (χ4n) is 4.11. The first-order valence-corrected chi connectivity index (χ1v) is 9.96. The lowest BCUT2D eigenvalue weighted by atomic mass is 9.96. The summed E-state index contributed by atoms with van der Waals surface area (Å²) >= 11 is 0. The molecule has 9 heteroatoms. The van der Waals surface area contributed by atoms with Gasteiger partial charge in [0.2, 0.25) is 5.91 Å². The Morgan fingerprint density at radius 3 is 2.53 bits per heavy atom. The normalized spacial score (nSPS) is 16.6. The second-order valence-corrected chi connectivity index (χ2v) is 8.30. The summed E-state index contributed by atoms with van der Waals surface area (Å²) in [5.41, 5.74) is 0.784. The van der Waals surface area contributed by atoms with Crippen LogP contribution in [-0.2, 0) is 11.3 Å². The smallest absolute Gasteiger partial charge is 0.242 e. The van der Waals surface area contributed by atoms with Gasteiger partial charge in [0, 0.05) is 44.8 Å². The van der Waals surface area contributed by atoms with Crippen molar-refractivity contribution in [1.29, 1.82) is 0 Å². The van der Waals surface area contributed by atoms with E-state index in [-0.39, 0.29) is 41.5 Å². The molecule has 1 aliphatic rings. The van der Waals surface area contributed by atoms with Crippen molar-refractivity contribution in [3.63, 3.8) is 0 Å². The molecule has 0 saturated carbocycles. The zero-order valence-electron chi connectivity index (χ0n) is 18.6. The molecule has 2 aromatic heterocycles. The molecule has 8 nitrogen and oxygen atoms in total. The van der Waals surface area contributed by atoms with E-state index >= 15 is 0 Å². The number of nitrogens with zero attached hydrogens (tertiary/aromatic N) is 6. The number of carbonyl (C=O) groups is 1. The number of guanidine groups is 1. The summed E-state index contributed by atoms with van der Waals surface area (Å²) in [4.78, 5) is 29.9. The number of imidazole rings is 1. The molecule has 2 aromatic rings. The van der Waals surface area contributed by atoms with Crippen molar-refractivity contribution < 1.29 is 4.79 Å². The molecular weight excluding hydrogens is 493 g/mol. The van der Waals surface area contributed by atoms with Gasteiger partial charge in [0.05, 0.1) is 12.1 Å². The summed E-state index contributed by atoms with van der Waals surface area (Å²) in [6.45, 7) is 11.9.